The number of hydrogen-bond acceptors (Lipinski definition) is 3. The number of amides is 2. The van der Waals surface area contributed by atoms with Crippen molar-refractivity contribution in [3.8, 4) is 0 Å². The Balaban J connectivity index is 2.56. The molecular weight excluding hydrogens is 266 g/mol. The third kappa shape index (κ3) is 4.99. The third-order valence-corrected chi connectivity index (χ3v) is 4.51. The van der Waals surface area contributed by atoms with Gasteiger partial charge in [0.25, 0.3) is 0 Å². The number of carbonyl (C=O) groups excluding carboxylic acids is 2. The molecule has 0 radical (unpaired) electrons. The van der Waals surface area contributed by atoms with Gasteiger partial charge >= 0.3 is 0 Å². The summed E-state index contributed by atoms with van der Waals surface area (Å²) < 4.78 is 0. The Kier molecular flexibility index (Phi) is 7.15. The summed E-state index contributed by atoms with van der Waals surface area (Å²) in [5.74, 6) is 1.20. The van der Waals surface area contributed by atoms with Crippen LogP contribution in [0.3, 0.4) is 0 Å². The van der Waals surface area contributed by atoms with Crippen molar-refractivity contribution in [1.82, 2.24) is 9.80 Å². The van der Waals surface area contributed by atoms with Gasteiger partial charge in [-0.2, -0.15) is 0 Å². The molecule has 0 aromatic carbocycles. The molecule has 1 aliphatic heterocycles. The van der Waals surface area contributed by atoms with Gasteiger partial charge in [0.05, 0.1) is 0 Å². The molecule has 2 atom stereocenters. The fourth-order valence-electron chi connectivity index (χ4n) is 3.10. The van der Waals surface area contributed by atoms with Gasteiger partial charge in [0.2, 0.25) is 11.8 Å². The standard InChI is InChI=1S/C16H31N3O2/c1-12(2)13(9-10-17)7-8-15(20)19-11-5-6-14(19)16(21)18(3)4/h12-14H,5-11,17H2,1-4H3. The maximum absolute atomic E-state index is 12.4. The lowest BCUT2D eigenvalue weighted by atomic mass is 9.88. The molecule has 0 saturated carbocycles. The van der Waals surface area contributed by atoms with Gasteiger partial charge in [-0.25, -0.2) is 0 Å². The number of carbonyl (C=O) groups is 2. The number of nitrogens with two attached hydrogens (primary N) is 1. The Bertz CT molecular complexity index is 355. The van der Waals surface area contributed by atoms with Gasteiger partial charge in [0.1, 0.15) is 6.04 Å². The van der Waals surface area contributed by atoms with Crippen LogP contribution in [0.4, 0.5) is 0 Å². The Morgan fingerprint density at radius 3 is 2.48 bits per heavy atom. The molecule has 1 saturated heterocycles. The van der Waals surface area contributed by atoms with Gasteiger partial charge in [0.15, 0.2) is 0 Å². The highest BCUT2D eigenvalue weighted by atomic mass is 16.2. The average Bonchev–Trinajstić information content (AvgIpc) is 2.90. The Hall–Kier alpha value is -1.10. The highest BCUT2D eigenvalue weighted by Crippen LogP contribution is 2.24. The molecule has 0 aliphatic carbocycles. The molecule has 2 amide bonds. The van der Waals surface area contributed by atoms with Crippen LogP contribution in [0.25, 0.3) is 0 Å². The minimum Gasteiger partial charge on any atom is -0.347 e. The van der Waals surface area contributed by atoms with E-state index < -0.39 is 0 Å². The van der Waals surface area contributed by atoms with Crippen LogP contribution in [0.1, 0.15) is 46.0 Å². The maximum Gasteiger partial charge on any atom is 0.244 e. The molecule has 122 valence electrons. The average molecular weight is 297 g/mol. The monoisotopic (exact) mass is 297 g/mol. The van der Waals surface area contributed by atoms with E-state index in [4.69, 9.17) is 5.73 Å². The summed E-state index contributed by atoms with van der Waals surface area (Å²) in [4.78, 5) is 27.9. The first-order valence-corrected chi connectivity index (χ1v) is 8.09. The van der Waals surface area contributed by atoms with Gasteiger partial charge in [-0.1, -0.05) is 13.8 Å². The summed E-state index contributed by atoms with van der Waals surface area (Å²) in [5.41, 5.74) is 5.65. The quantitative estimate of drug-likeness (QED) is 0.774. The van der Waals surface area contributed by atoms with E-state index in [1.807, 2.05) is 0 Å². The van der Waals surface area contributed by atoms with Crippen molar-refractivity contribution in [3.63, 3.8) is 0 Å². The van der Waals surface area contributed by atoms with Crippen molar-refractivity contribution in [2.75, 3.05) is 27.2 Å². The summed E-state index contributed by atoms with van der Waals surface area (Å²) in [7, 11) is 3.50. The summed E-state index contributed by atoms with van der Waals surface area (Å²) in [5, 5.41) is 0. The minimum atomic E-state index is -0.250. The summed E-state index contributed by atoms with van der Waals surface area (Å²) >= 11 is 0. The molecule has 5 heteroatoms. The molecule has 0 aromatic heterocycles. The second-order valence-corrected chi connectivity index (χ2v) is 6.60. The number of rotatable bonds is 7. The van der Waals surface area contributed by atoms with Crippen LogP contribution in [0.5, 0.6) is 0 Å². The van der Waals surface area contributed by atoms with Crippen molar-refractivity contribution < 1.29 is 9.59 Å². The van der Waals surface area contributed by atoms with Crippen LogP contribution in [-0.2, 0) is 9.59 Å². The van der Waals surface area contributed by atoms with Crippen LogP contribution in [0, 0.1) is 11.8 Å². The predicted octanol–water partition coefficient (Wildman–Crippen LogP) is 1.47. The lowest BCUT2D eigenvalue weighted by Crippen LogP contribution is -2.45. The van der Waals surface area contributed by atoms with Crippen molar-refractivity contribution in [2.45, 2.75) is 52.0 Å². The predicted molar refractivity (Wildman–Crippen MR) is 84.7 cm³/mol. The second kappa shape index (κ2) is 8.37. The van der Waals surface area contributed by atoms with Crippen molar-refractivity contribution in [3.05, 3.63) is 0 Å². The number of likely N-dealkylation sites (tertiary alicyclic amines) is 1. The van der Waals surface area contributed by atoms with E-state index in [0.717, 1.165) is 25.7 Å². The molecule has 0 aromatic rings. The Labute approximate surface area is 128 Å². The van der Waals surface area contributed by atoms with Gasteiger partial charge in [-0.15, -0.1) is 0 Å². The number of hydrogen-bond donors (Lipinski definition) is 1. The Morgan fingerprint density at radius 1 is 1.29 bits per heavy atom. The molecule has 0 bridgehead atoms. The van der Waals surface area contributed by atoms with E-state index in [2.05, 4.69) is 13.8 Å². The Morgan fingerprint density at radius 2 is 1.95 bits per heavy atom. The van der Waals surface area contributed by atoms with E-state index in [0.29, 0.717) is 31.3 Å². The zero-order valence-electron chi connectivity index (χ0n) is 14.0. The van der Waals surface area contributed by atoms with Gasteiger partial charge < -0.3 is 15.5 Å². The van der Waals surface area contributed by atoms with Crippen molar-refractivity contribution >= 4 is 11.8 Å². The van der Waals surface area contributed by atoms with Gasteiger partial charge in [-0.05, 0) is 44.1 Å². The molecule has 2 N–H and O–H groups in total. The van der Waals surface area contributed by atoms with E-state index >= 15 is 0 Å². The third-order valence-electron chi connectivity index (χ3n) is 4.51. The molecule has 5 nitrogen and oxygen atoms in total. The molecule has 21 heavy (non-hydrogen) atoms. The fourth-order valence-corrected chi connectivity index (χ4v) is 3.10. The minimum absolute atomic E-state index is 0.0446. The normalized spacial score (nSPS) is 19.9. The van der Waals surface area contributed by atoms with Crippen molar-refractivity contribution in [1.29, 1.82) is 0 Å². The van der Waals surface area contributed by atoms with Crippen LogP contribution in [0.2, 0.25) is 0 Å². The molecule has 1 aliphatic rings. The van der Waals surface area contributed by atoms with Gasteiger partial charge in [0, 0.05) is 27.1 Å². The summed E-state index contributed by atoms with van der Waals surface area (Å²) in [6.07, 6.45) is 4.07. The van der Waals surface area contributed by atoms with Crippen molar-refractivity contribution in [2.24, 2.45) is 17.6 Å². The van der Waals surface area contributed by atoms with E-state index in [-0.39, 0.29) is 17.9 Å². The number of likely N-dealkylation sites (N-methyl/N-ethyl adjacent to an activating group) is 1. The topological polar surface area (TPSA) is 66.6 Å². The van der Waals surface area contributed by atoms with E-state index in [1.165, 1.54) is 0 Å². The lowest BCUT2D eigenvalue weighted by molar-refractivity contribution is -0.142. The largest absolute Gasteiger partial charge is 0.347 e. The maximum atomic E-state index is 12.4. The molecule has 1 heterocycles. The van der Waals surface area contributed by atoms with E-state index in [9.17, 15) is 9.59 Å². The lowest BCUT2D eigenvalue weighted by Gasteiger charge is -2.27. The highest BCUT2D eigenvalue weighted by molar-refractivity contribution is 5.88. The smallest absolute Gasteiger partial charge is 0.244 e. The van der Waals surface area contributed by atoms with Crippen LogP contribution < -0.4 is 5.73 Å². The zero-order chi connectivity index (χ0) is 16.0. The SMILES string of the molecule is CC(C)C(CCN)CCC(=O)N1CCCC1C(=O)N(C)C. The zero-order valence-corrected chi connectivity index (χ0v) is 14.0. The number of nitrogens with zero attached hydrogens (tertiary/aromatic N) is 2. The van der Waals surface area contributed by atoms with Gasteiger partial charge in [-0.3, -0.25) is 9.59 Å². The summed E-state index contributed by atoms with van der Waals surface area (Å²) in [6, 6.07) is -0.250. The molecule has 1 fully saturated rings. The van der Waals surface area contributed by atoms with E-state index in [1.54, 1.807) is 23.9 Å². The second-order valence-electron chi connectivity index (χ2n) is 6.60. The first-order chi connectivity index (χ1) is 9.88. The first kappa shape index (κ1) is 18.0. The first-order valence-electron chi connectivity index (χ1n) is 8.09. The van der Waals surface area contributed by atoms with Crippen LogP contribution in [-0.4, -0.2) is 54.8 Å². The highest BCUT2D eigenvalue weighted by Gasteiger charge is 2.34. The molecular formula is C16H31N3O2. The molecule has 2 unspecified atom stereocenters. The molecule has 0 spiro atoms. The van der Waals surface area contributed by atoms with Crippen LogP contribution >= 0.6 is 0 Å². The van der Waals surface area contributed by atoms with Crippen LogP contribution in [0.15, 0.2) is 0 Å². The fraction of sp³-hybridized carbons (Fsp3) is 0.875. The summed E-state index contributed by atoms with van der Waals surface area (Å²) in [6.45, 7) is 5.74. The molecule has 1 rings (SSSR count).